The number of hydrogen-bond donors (Lipinski definition) is 2. The van der Waals surface area contributed by atoms with E-state index in [0.29, 0.717) is 29.6 Å². The molecule has 0 aliphatic carbocycles. The summed E-state index contributed by atoms with van der Waals surface area (Å²) in [7, 11) is 0. The Kier molecular flexibility index (Phi) is 4.91. The van der Waals surface area contributed by atoms with Gasteiger partial charge in [-0.3, -0.25) is 9.48 Å². The highest BCUT2D eigenvalue weighted by atomic mass is 35.5. The van der Waals surface area contributed by atoms with Gasteiger partial charge in [0, 0.05) is 23.0 Å². The second-order valence-corrected chi connectivity index (χ2v) is 6.87. The summed E-state index contributed by atoms with van der Waals surface area (Å²) in [4.78, 5) is 17.3. The molecular formula is C18H19ClN6O2. The van der Waals surface area contributed by atoms with E-state index in [1.54, 1.807) is 23.0 Å². The van der Waals surface area contributed by atoms with Gasteiger partial charge in [0.05, 0.1) is 6.54 Å². The number of piperidine rings is 1. The Morgan fingerprint density at radius 3 is 2.78 bits per heavy atom. The fourth-order valence-corrected chi connectivity index (χ4v) is 3.41. The van der Waals surface area contributed by atoms with Crippen molar-refractivity contribution in [3.05, 3.63) is 53.6 Å². The van der Waals surface area contributed by atoms with Gasteiger partial charge in [0.1, 0.15) is 5.54 Å². The molecule has 140 valence electrons. The molecule has 1 amide bonds. The number of nitrogens with one attached hydrogen (secondary N) is 2. The highest BCUT2D eigenvalue weighted by molar-refractivity contribution is 6.30. The van der Waals surface area contributed by atoms with Gasteiger partial charge in [-0.15, -0.1) is 0 Å². The highest BCUT2D eigenvalue weighted by Gasteiger charge is 2.41. The van der Waals surface area contributed by atoms with Crippen LogP contribution in [-0.4, -0.2) is 38.9 Å². The second-order valence-electron chi connectivity index (χ2n) is 6.43. The second kappa shape index (κ2) is 7.50. The van der Waals surface area contributed by atoms with Crippen molar-refractivity contribution in [1.29, 1.82) is 0 Å². The Morgan fingerprint density at radius 2 is 2.07 bits per heavy atom. The molecule has 0 spiro atoms. The molecule has 0 saturated carbocycles. The van der Waals surface area contributed by atoms with Crippen molar-refractivity contribution in [1.82, 2.24) is 30.6 Å². The van der Waals surface area contributed by atoms with Gasteiger partial charge in [-0.1, -0.05) is 16.8 Å². The fraction of sp³-hybridized carbons (Fsp3) is 0.333. The van der Waals surface area contributed by atoms with E-state index in [1.807, 2.05) is 24.4 Å². The molecule has 0 unspecified atom stereocenters. The average molecular weight is 387 g/mol. The smallest absolute Gasteiger partial charge is 0.248 e. The number of halogens is 1. The normalized spacial score (nSPS) is 16.2. The zero-order valence-electron chi connectivity index (χ0n) is 14.6. The molecule has 1 aliphatic rings. The lowest BCUT2D eigenvalue weighted by Crippen LogP contribution is -2.54. The molecule has 1 aliphatic heterocycles. The van der Waals surface area contributed by atoms with Crippen LogP contribution in [0, 0.1) is 0 Å². The van der Waals surface area contributed by atoms with Crippen LogP contribution in [-0.2, 0) is 16.9 Å². The third-order valence-corrected chi connectivity index (χ3v) is 5.02. The quantitative estimate of drug-likeness (QED) is 0.695. The Labute approximate surface area is 160 Å². The topological polar surface area (TPSA) is 97.9 Å². The lowest BCUT2D eigenvalue weighted by molar-refractivity contribution is -0.132. The number of nitrogens with zero attached hydrogens (tertiary/aromatic N) is 4. The fourth-order valence-electron chi connectivity index (χ4n) is 3.29. The number of aromatic nitrogens is 4. The van der Waals surface area contributed by atoms with Crippen molar-refractivity contribution in [2.45, 2.75) is 24.9 Å². The van der Waals surface area contributed by atoms with Crippen molar-refractivity contribution in [3.8, 4) is 11.4 Å². The van der Waals surface area contributed by atoms with E-state index in [-0.39, 0.29) is 12.5 Å². The predicted molar refractivity (Wildman–Crippen MR) is 98.9 cm³/mol. The SMILES string of the molecule is O=C(NCc1nc(-c2ccc(Cl)cc2)no1)C1(n2cccn2)CCNCC1. The molecule has 4 rings (SSSR count). The summed E-state index contributed by atoms with van der Waals surface area (Å²) in [6.07, 6.45) is 4.85. The maximum atomic E-state index is 13.0. The Bertz CT molecular complexity index is 900. The minimum absolute atomic E-state index is 0.0982. The number of carbonyl (C=O) groups excluding carboxylic acids is 1. The number of amides is 1. The van der Waals surface area contributed by atoms with Gasteiger partial charge < -0.3 is 15.2 Å². The van der Waals surface area contributed by atoms with Crippen molar-refractivity contribution in [2.24, 2.45) is 0 Å². The Hall–Kier alpha value is -2.71. The van der Waals surface area contributed by atoms with E-state index in [9.17, 15) is 4.79 Å². The zero-order chi connectivity index (χ0) is 18.7. The van der Waals surface area contributed by atoms with Crippen LogP contribution in [0.3, 0.4) is 0 Å². The molecule has 3 aromatic rings. The van der Waals surface area contributed by atoms with Gasteiger partial charge in [-0.05, 0) is 56.3 Å². The van der Waals surface area contributed by atoms with Crippen molar-refractivity contribution in [3.63, 3.8) is 0 Å². The standard InChI is InChI=1S/C18H19ClN6O2/c19-14-4-2-13(3-5-14)16-23-15(27-24-16)12-21-17(26)18(6-9-20-10-7-18)25-11-1-8-22-25/h1-5,8,11,20H,6-7,9-10,12H2,(H,21,26). The molecule has 9 heteroatoms. The van der Waals surface area contributed by atoms with Crippen LogP contribution >= 0.6 is 11.6 Å². The first-order valence-electron chi connectivity index (χ1n) is 8.75. The highest BCUT2D eigenvalue weighted by Crippen LogP contribution is 2.27. The number of rotatable bonds is 5. The summed E-state index contributed by atoms with van der Waals surface area (Å²) < 4.78 is 7.01. The van der Waals surface area contributed by atoms with Crippen LogP contribution in [0.15, 0.2) is 47.2 Å². The molecule has 0 radical (unpaired) electrons. The Morgan fingerprint density at radius 1 is 1.30 bits per heavy atom. The van der Waals surface area contributed by atoms with Gasteiger partial charge >= 0.3 is 0 Å². The largest absolute Gasteiger partial charge is 0.345 e. The van der Waals surface area contributed by atoms with E-state index in [2.05, 4.69) is 25.9 Å². The molecule has 8 nitrogen and oxygen atoms in total. The van der Waals surface area contributed by atoms with Crippen LogP contribution in [0.2, 0.25) is 5.02 Å². The lowest BCUT2D eigenvalue weighted by atomic mass is 9.87. The maximum absolute atomic E-state index is 13.0. The summed E-state index contributed by atoms with van der Waals surface area (Å²) >= 11 is 5.89. The van der Waals surface area contributed by atoms with Crippen molar-refractivity contribution < 1.29 is 9.32 Å². The monoisotopic (exact) mass is 386 g/mol. The zero-order valence-corrected chi connectivity index (χ0v) is 15.3. The van der Waals surface area contributed by atoms with Crippen molar-refractivity contribution >= 4 is 17.5 Å². The minimum atomic E-state index is -0.701. The van der Waals surface area contributed by atoms with E-state index in [1.165, 1.54) is 0 Å². The summed E-state index contributed by atoms with van der Waals surface area (Å²) in [6, 6.07) is 8.99. The van der Waals surface area contributed by atoms with Gasteiger partial charge in [-0.25, -0.2) is 0 Å². The third kappa shape index (κ3) is 3.58. The van der Waals surface area contributed by atoms with E-state index in [4.69, 9.17) is 16.1 Å². The van der Waals surface area contributed by atoms with Crippen LogP contribution in [0.25, 0.3) is 11.4 Å². The molecule has 0 atom stereocenters. The number of carbonyl (C=O) groups is 1. The van der Waals surface area contributed by atoms with Gasteiger partial charge in [0.15, 0.2) is 0 Å². The van der Waals surface area contributed by atoms with Crippen LogP contribution in [0.5, 0.6) is 0 Å². The van der Waals surface area contributed by atoms with E-state index in [0.717, 1.165) is 18.7 Å². The first kappa shape index (κ1) is 17.7. The molecule has 3 heterocycles. The molecule has 2 N–H and O–H groups in total. The lowest BCUT2D eigenvalue weighted by Gasteiger charge is -2.36. The predicted octanol–water partition coefficient (Wildman–Crippen LogP) is 1.98. The van der Waals surface area contributed by atoms with Crippen LogP contribution < -0.4 is 10.6 Å². The molecule has 1 fully saturated rings. The van der Waals surface area contributed by atoms with E-state index >= 15 is 0 Å². The molecule has 0 bridgehead atoms. The molecule has 1 aromatic carbocycles. The van der Waals surface area contributed by atoms with Crippen molar-refractivity contribution in [2.75, 3.05) is 13.1 Å². The average Bonchev–Trinajstić information content (AvgIpc) is 3.40. The van der Waals surface area contributed by atoms with Gasteiger partial charge in [0.25, 0.3) is 0 Å². The number of hydrogen-bond acceptors (Lipinski definition) is 6. The number of benzene rings is 1. The molecular weight excluding hydrogens is 368 g/mol. The molecule has 1 saturated heterocycles. The van der Waals surface area contributed by atoms with Crippen LogP contribution in [0.1, 0.15) is 18.7 Å². The van der Waals surface area contributed by atoms with E-state index < -0.39 is 5.54 Å². The maximum Gasteiger partial charge on any atom is 0.248 e. The summed E-state index contributed by atoms with van der Waals surface area (Å²) in [5, 5.41) is 15.1. The summed E-state index contributed by atoms with van der Waals surface area (Å²) in [5.74, 6) is 0.705. The first-order valence-corrected chi connectivity index (χ1v) is 9.13. The summed E-state index contributed by atoms with van der Waals surface area (Å²) in [5.41, 5.74) is 0.0976. The summed E-state index contributed by atoms with van der Waals surface area (Å²) in [6.45, 7) is 1.68. The van der Waals surface area contributed by atoms with Gasteiger partial charge in [-0.2, -0.15) is 10.1 Å². The third-order valence-electron chi connectivity index (χ3n) is 4.77. The first-order chi connectivity index (χ1) is 13.2. The molecule has 2 aromatic heterocycles. The Balaban J connectivity index is 1.46. The molecule has 27 heavy (non-hydrogen) atoms. The minimum Gasteiger partial charge on any atom is -0.345 e. The van der Waals surface area contributed by atoms with Crippen LogP contribution in [0.4, 0.5) is 0 Å². The van der Waals surface area contributed by atoms with Gasteiger partial charge in [0.2, 0.25) is 17.6 Å².